The van der Waals surface area contributed by atoms with Gasteiger partial charge >= 0.3 is 0 Å². The number of likely N-dealkylation sites (tertiary alicyclic amines) is 1. The van der Waals surface area contributed by atoms with Crippen molar-refractivity contribution in [2.75, 3.05) is 26.7 Å². The molecule has 20 heavy (non-hydrogen) atoms. The van der Waals surface area contributed by atoms with Gasteiger partial charge < -0.3 is 10.2 Å². The maximum Gasteiger partial charge on any atom is 0.193 e. The van der Waals surface area contributed by atoms with Crippen LogP contribution in [0.4, 0.5) is 0 Å². The lowest BCUT2D eigenvalue weighted by atomic mass is 10.1. The van der Waals surface area contributed by atoms with Gasteiger partial charge in [-0.15, -0.1) is 24.0 Å². The third-order valence-corrected chi connectivity index (χ3v) is 3.93. The second kappa shape index (κ2) is 7.85. The molecule has 0 atom stereocenters. The predicted molar refractivity (Wildman–Crippen MR) is 94.0 cm³/mol. The van der Waals surface area contributed by atoms with Crippen molar-refractivity contribution in [3.05, 3.63) is 17.0 Å². The summed E-state index contributed by atoms with van der Waals surface area (Å²) in [5.74, 6) is 1.04. The van der Waals surface area contributed by atoms with Crippen LogP contribution >= 0.6 is 24.0 Å². The van der Waals surface area contributed by atoms with E-state index >= 15 is 0 Å². The third-order valence-electron chi connectivity index (χ3n) is 3.93. The summed E-state index contributed by atoms with van der Waals surface area (Å²) in [5.41, 5.74) is 3.75. The van der Waals surface area contributed by atoms with E-state index in [1.807, 2.05) is 18.8 Å². The Morgan fingerprint density at radius 1 is 1.30 bits per heavy atom. The Balaban J connectivity index is 0.00000200. The number of nitrogens with zero attached hydrogens (tertiary/aromatic N) is 4. The summed E-state index contributed by atoms with van der Waals surface area (Å²) < 4.78 is 1.96. The maximum absolute atomic E-state index is 4.45. The van der Waals surface area contributed by atoms with Crippen LogP contribution in [0.5, 0.6) is 0 Å². The molecule has 1 aromatic rings. The second-order valence-electron chi connectivity index (χ2n) is 5.19. The minimum atomic E-state index is 0. The molecule has 0 spiro atoms. The lowest BCUT2D eigenvalue weighted by Gasteiger charge is -2.20. The zero-order valence-corrected chi connectivity index (χ0v) is 15.3. The summed E-state index contributed by atoms with van der Waals surface area (Å²) in [6.45, 7) is 7.38. The van der Waals surface area contributed by atoms with Gasteiger partial charge in [-0.05, 0) is 38.7 Å². The Bertz CT molecular complexity index is 460. The average molecular weight is 391 g/mol. The lowest BCUT2D eigenvalue weighted by molar-refractivity contribution is 0.494. The van der Waals surface area contributed by atoms with Crippen molar-refractivity contribution in [3.8, 4) is 0 Å². The molecular weight excluding hydrogens is 365 g/mol. The van der Waals surface area contributed by atoms with Crippen molar-refractivity contribution in [1.82, 2.24) is 20.0 Å². The fourth-order valence-electron chi connectivity index (χ4n) is 2.74. The van der Waals surface area contributed by atoms with Gasteiger partial charge in [-0.3, -0.25) is 9.67 Å². The number of rotatable bonds is 3. The standard InChI is InChI=1S/C14H25N5.HI/c1-11-13(12(2)18(4)17-11)7-8-16-14(15-3)19-9-5-6-10-19;/h5-10H2,1-4H3,(H,15,16);1H. The number of aliphatic imine (C=N–C) groups is 1. The molecule has 1 aliphatic heterocycles. The molecule has 6 heteroatoms. The molecule has 0 amide bonds. The Kier molecular flexibility index (Phi) is 6.78. The van der Waals surface area contributed by atoms with Crippen molar-refractivity contribution in [2.24, 2.45) is 12.0 Å². The number of hydrogen-bond donors (Lipinski definition) is 1. The van der Waals surface area contributed by atoms with Crippen LogP contribution in [0.1, 0.15) is 29.8 Å². The van der Waals surface area contributed by atoms with Crippen LogP contribution in [-0.2, 0) is 13.5 Å². The molecule has 2 heterocycles. The van der Waals surface area contributed by atoms with Gasteiger partial charge in [0.15, 0.2) is 5.96 Å². The molecule has 1 N–H and O–H groups in total. The Morgan fingerprint density at radius 2 is 1.95 bits per heavy atom. The highest BCUT2D eigenvalue weighted by atomic mass is 127. The monoisotopic (exact) mass is 391 g/mol. The van der Waals surface area contributed by atoms with Crippen LogP contribution in [0.25, 0.3) is 0 Å². The van der Waals surface area contributed by atoms with Crippen molar-refractivity contribution < 1.29 is 0 Å². The number of aromatic nitrogens is 2. The SMILES string of the molecule is CN=C(NCCc1c(C)nn(C)c1C)N1CCCC1.I. The van der Waals surface area contributed by atoms with Crippen LogP contribution in [0, 0.1) is 13.8 Å². The van der Waals surface area contributed by atoms with Crippen LogP contribution in [0.3, 0.4) is 0 Å². The number of aryl methyl sites for hydroxylation is 2. The van der Waals surface area contributed by atoms with Crippen LogP contribution in [-0.4, -0.2) is 47.3 Å². The van der Waals surface area contributed by atoms with E-state index < -0.39 is 0 Å². The minimum Gasteiger partial charge on any atom is -0.356 e. The smallest absolute Gasteiger partial charge is 0.193 e. The third kappa shape index (κ3) is 3.86. The Labute approximate surface area is 138 Å². The van der Waals surface area contributed by atoms with E-state index in [0.717, 1.165) is 37.7 Å². The molecule has 114 valence electrons. The van der Waals surface area contributed by atoms with E-state index in [1.165, 1.54) is 24.1 Å². The molecule has 0 unspecified atom stereocenters. The average Bonchev–Trinajstić information content (AvgIpc) is 2.98. The lowest BCUT2D eigenvalue weighted by Crippen LogP contribution is -2.40. The highest BCUT2D eigenvalue weighted by Crippen LogP contribution is 2.12. The normalized spacial score (nSPS) is 15.4. The maximum atomic E-state index is 4.45. The van der Waals surface area contributed by atoms with E-state index in [-0.39, 0.29) is 24.0 Å². The molecule has 2 rings (SSSR count). The molecule has 1 saturated heterocycles. The van der Waals surface area contributed by atoms with E-state index in [0.29, 0.717) is 0 Å². The van der Waals surface area contributed by atoms with Crippen molar-refractivity contribution in [1.29, 1.82) is 0 Å². The zero-order chi connectivity index (χ0) is 13.8. The van der Waals surface area contributed by atoms with E-state index in [9.17, 15) is 0 Å². The molecule has 1 aromatic heterocycles. The number of halogens is 1. The van der Waals surface area contributed by atoms with Crippen LogP contribution < -0.4 is 5.32 Å². The van der Waals surface area contributed by atoms with Gasteiger partial charge in [-0.25, -0.2) is 0 Å². The molecule has 0 aliphatic carbocycles. The topological polar surface area (TPSA) is 45.5 Å². The molecule has 0 bridgehead atoms. The van der Waals surface area contributed by atoms with Gasteiger partial charge in [-0.2, -0.15) is 5.10 Å². The summed E-state index contributed by atoms with van der Waals surface area (Å²) in [6.07, 6.45) is 3.56. The second-order valence-corrected chi connectivity index (χ2v) is 5.19. The van der Waals surface area contributed by atoms with Crippen LogP contribution in [0.2, 0.25) is 0 Å². The molecule has 5 nitrogen and oxygen atoms in total. The first kappa shape index (κ1) is 17.3. The molecule has 1 aliphatic rings. The first-order valence-corrected chi connectivity index (χ1v) is 7.08. The van der Waals surface area contributed by atoms with Gasteiger partial charge in [0.25, 0.3) is 0 Å². The van der Waals surface area contributed by atoms with E-state index in [2.05, 4.69) is 34.2 Å². The molecule has 0 radical (unpaired) electrons. The zero-order valence-electron chi connectivity index (χ0n) is 12.9. The largest absolute Gasteiger partial charge is 0.356 e. The Hall–Kier alpha value is -0.790. The Morgan fingerprint density at radius 3 is 2.45 bits per heavy atom. The van der Waals surface area contributed by atoms with Crippen molar-refractivity contribution in [2.45, 2.75) is 33.1 Å². The molecule has 0 saturated carbocycles. The quantitative estimate of drug-likeness (QED) is 0.486. The summed E-state index contributed by atoms with van der Waals surface area (Å²) in [6, 6.07) is 0. The molecule has 0 aromatic carbocycles. The fourth-order valence-corrected chi connectivity index (χ4v) is 2.74. The van der Waals surface area contributed by atoms with Crippen LogP contribution in [0.15, 0.2) is 4.99 Å². The van der Waals surface area contributed by atoms with Crippen molar-refractivity contribution in [3.63, 3.8) is 0 Å². The highest BCUT2D eigenvalue weighted by Gasteiger charge is 2.15. The first-order chi connectivity index (χ1) is 9.13. The summed E-state index contributed by atoms with van der Waals surface area (Å²) in [4.78, 5) is 6.70. The van der Waals surface area contributed by atoms with Gasteiger partial charge in [0.2, 0.25) is 0 Å². The number of hydrogen-bond acceptors (Lipinski definition) is 2. The van der Waals surface area contributed by atoms with E-state index in [1.54, 1.807) is 0 Å². The number of nitrogens with one attached hydrogen (secondary N) is 1. The first-order valence-electron chi connectivity index (χ1n) is 7.08. The predicted octanol–water partition coefficient (Wildman–Crippen LogP) is 1.87. The van der Waals surface area contributed by atoms with Gasteiger partial charge in [0, 0.05) is 39.4 Å². The summed E-state index contributed by atoms with van der Waals surface area (Å²) in [7, 11) is 3.86. The number of guanidine groups is 1. The van der Waals surface area contributed by atoms with Gasteiger partial charge in [0.1, 0.15) is 0 Å². The van der Waals surface area contributed by atoms with Crippen molar-refractivity contribution >= 4 is 29.9 Å². The highest BCUT2D eigenvalue weighted by molar-refractivity contribution is 14.0. The van der Waals surface area contributed by atoms with Gasteiger partial charge in [0.05, 0.1) is 5.69 Å². The molecular formula is C14H26IN5. The van der Waals surface area contributed by atoms with Gasteiger partial charge in [-0.1, -0.05) is 0 Å². The van der Waals surface area contributed by atoms with E-state index in [4.69, 9.17) is 0 Å². The fraction of sp³-hybridized carbons (Fsp3) is 0.714. The molecule has 1 fully saturated rings. The summed E-state index contributed by atoms with van der Waals surface area (Å²) >= 11 is 0. The minimum absolute atomic E-state index is 0. The summed E-state index contributed by atoms with van der Waals surface area (Å²) in [5, 5.41) is 7.92.